The van der Waals surface area contributed by atoms with Gasteiger partial charge in [0.25, 0.3) is 0 Å². The lowest BCUT2D eigenvalue weighted by molar-refractivity contribution is -0.124. The van der Waals surface area contributed by atoms with E-state index >= 15 is 0 Å². The number of nitrogens with two attached hydrogens (primary N) is 1. The molecular weight excluding hydrogens is 268 g/mol. The Kier molecular flexibility index (Phi) is 7.71. The Morgan fingerprint density at radius 2 is 1.81 bits per heavy atom. The van der Waals surface area contributed by atoms with Crippen LogP contribution >= 0.6 is 0 Å². The molecule has 0 aromatic rings. The molecule has 0 saturated heterocycles. The van der Waals surface area contributed by atoms with Crippen molar-refractivity contribution in [2.24, 2.45) is 16.3 Å². The fourth-order valence-electron chi connectivity index (χ4n) is 1.84. The molecule has 0 aromatic heterocycles. The molecular formula is C15H32N4O2. The Balaban J connectivity index is 3.94. The second-order valence-electron chi connectivity index (χ2n) is 7.24. The van der Waals surface area contributed by atoms with Crippen LogP contribution in [0.1, 0.15) is 60.8 Å². The summed E-state index contributed by atoms with van der Waals surface area (Å²) in [6.07, 6.45) is 2.73. The molecule has 1 amide bonds. The van der Waals surface area contributed by atoms with Crippen molar-refractivity contribution in [3.8, 4) is 0 Å². The highest BCUT2D eigenvalue weighted by Gasteiger charge is 2.23. The molecule has 0 aromatic carbocycles. The van der Waals surface area contributed by atoms with Gasteiger partial charge in [-0.25, -0.2) is 0 Å². The van der Waals surface area contributed by atoms with Crippen LogP contribution in [0.3, 0.4) is 0 Å². The van der Waals surface area contributed by atoms with Gasteiger partial charge in [-0.3, -0.25) is 4.79 Å². The van der Waals surface area contributed by atoms with Gasteiger partial charge >= 0.3 is 0 Å². The predicted molar refractivity (Wildman–Crippen MR) is 86.4 cm³/mol. The Morgan fingerprint density at radius 3 is 2.29 bits per heavy atom. The van der Waals surface area contributed by atoms with Gasteiger partial charge in [0.15, 0.2) is 0 Å². The molecule has 6 heteroatoms. The molecule has 0 radical (unpaired) electrons. The Morgan fingerprint density at radius 1 is 1.24 bits per heavy atom. The van der Waals surface area contributed by atoms with Gasteiger partial charge in [-0.2, -0.15) is 0 Å². The molecule has 0 bridgehead atoms. The lowest BCUT2D eigenvalue weighted by Crippen LogP contribution is -2.49. The molecule has 0 aliphatic rings. The monoisotopic (exact) mass is 300 g/mol. The van der Waals surface area contributed by atoms with Crippen LogP contribution < -0.4 is 16.4 Å². The van der Waals surface area contributed by atoms with Crippen molar-refractivity contribution >= 4 is 11.7 Å². The van der Waals surface area contributed by atoms with Gasteiger partial charge in [0.1, 0.15) is 5.84 Å². The fraction of sp³-hybridized carbons (Fsp3) is 0.867. The van der Waals surface area contributed by atoms with E-state index < -0.39 is 0 Å². The number of amides is 1. The number of rotatable bonds is 8. The van der Waals surface area contributed by atoms with E-state index in [1.807, 2.05) is 41.5 Å². The van der Waals surface area contributed by atoms with Crippen molar-refractivity contribution in [3.63, 3.8) is 0 Å². The van der Waals surface area contributed by atoms with Crippen LogP contribution in [0.15, 0.2) is 5.16 Å². The molecule has 0 heterocycles. The number of carbonyl (C=O) groups excluding carboxylic acids is 1. The number of hydrogen-bond acceptors (Lipinski definition) is 4. The molecule has 5 N–H and O–H groups in total. The first-order valence-electron chi connectivity index (χ1n) is 7.53. The molecule has 0 rings (SSSR count). The standard InChI is InChI=1S/C15H32N4O2/c1-11(12(20)18-14(2,3)4)17-10-8-7-9-15(5,6)13(16)19-21/h11,17,21H,7-10H2,1-6H3,(H2,16,19)(H,18,20). The molecule has 6 nitrogen and oxygen atoms in total. The van der Waals surface area contributed by atoms with Crippen molar-refractivity contribution < 1.29 is 10.0 Å². The van der Waals surface area contributed by atoms with Crippen molar-refractivity contribution in [2.45, 2.75) is 72.4 Å². The minimum atomic E-state index is -0.302. The van der Waals surface area contributed by atoms with Crippen molar-refractivity contribution in [2.75, 3.05) is 6.54 Å². The summed E-state index contributed by atoms with van der Waals surface area (Å²) in [6, 6.07) is -0.207. The first-order chi connectivity index (χ1) is 9.49. The fourth-order valence-corrected chi connectivity index (χ4v) is 1.84. The van der Waals surface area contributed by atoms with E-state index in [0.717, 1.165) is 25.8 Å². The Hall–Kier alpha value is -1.30. The minimum absolute atomic E-state index is 0.0134. The molecule has 0 saturated carbocycles. The third-order valence-corrected chi connectivity index (χ3v) is 3.37. The van der Waals surface area contributed by atoms with Gasteiger partial charge in [-0.05, 0) is 47.1 Å². The molecule has 21 heavy (non-hydrogen) atoms. The highest BCUT2D eigenvalue weighted by molar-refractivity contribution is 5.85. The molecule has 1 atom stereocenters. The van der Waals surface area contributed by atoms with E-state index in [2.05, 4.69) is 15.8 Å². The number of amidine groups is 1. The van der Waals surface area contributed by atoms with Gasteiger partial charge in [0.2, 0.25) is 5.91 Å². The highest BCUT2D eigenvalue weighted by Crippen LogP contribution is 2.23. The van der Waals surface area contributed by atoms with Crippen LogP contribution in [0.25, 0.3) is 0 Å². The van der Waals surface area contributed by atoms with E-state index in [1.165, 1.54) is 0 Å². The van der Waals surface area contributed by atoms with Crippen molar-refractivity contribution in [1.82, 2.24) is 10.6 Å². The molecule has 0 fully saturated rings. The van der Waals surface area contributed by atoms with Crippen LogP contribution in [0, 0.1) is 5.41 Å². The summed E-state index contributed by atoms with van der Waals surface area (Å²) >= 11 is 0. The number of carbonyl (C=O) groups is 1. The number of hydrogen-bond donors (Lipinski definition) is 4. The molecule has 0 aliphatic heterocycles. The van der Waals surface area contributed by atoms with Gasteiger partial charge < -0.3 is 21.6 Å². The second-order valence-corrected chi connectivity index (χ2v) is 7.24. The summed E-state index contributed by atoms with van der Waals surface area (Å²) in [4.78, 5) is 11.9. The maximum absolute atomic E-state index is 11.9. The third kappa shape index (κ3) is 8.55. The molecule has 1 unspecified atom stereocenters. The predicted octanol–water partition coefficient (Wildman–Crippen LogP) is 1.82. The average Bonchev–Trinajstić information content (AvgIpc) is 2.34. The minimum Gasteiger partial charge on any atom is -0.409 e. The lowest BCUT2D eigenvalue weighted by atomic mass is 9.86. The van der Waals surface area contributed by atoms with Crippen LogP contribution in [-0.4, -0.2) is 35.1 Å². The SMILES string of the molecule is CC(NCCCCC(C)(C)C(N)=NO)C(=O)NC(C)(C)C. The summed E-state index contributed by atoms with van der Waals surface area (Å²) in [6.45, 7) is 12.4. The number of oxime groups is 1. The lowest BCUT2D eigenvalue weighted by Gasteiger charge is -2.24. The van der Waals surface area contributed by atoms with E-state index in [4.69, 9.17) is 10.9 Å². The van der Waals surface area contributed by atoms with Crippen LogP contribution in [0.2, 0.25) is 0 Å². The summed E-state index contributed by atoms with van der Waals surface area (Å²) in [7, 11) is 0. The molecule has 0 aliphatic carbocycles. The molecule has 0 spiro atoms. The number of nitrogens with one attached hydrogen (secondary N) is 2. The normalized spacial score (nSPS) is 14.9. The summed E-state index contributed by atoms with van der Waals surface area (Å²) < 4.78 is 0. The van der Waals surface area contributed by atoms with Gasteiger partial charge in [0, 0.05) is 11.0 Å². The zero-order valence-electron chi connectivity index (χ0n) is 14.3. The molecule has 124 valence electrons. The first-order valence-corrected chi connectivity index (χ1v) is 7.53. The zero-order valence-corrected chi connectivity index (χ0v) is 14.3. The van der Waals surface area contributed by atoms with Gasteiger partial charge in [-0.1, -0.05) is 25.4 Å². The largest absolute Gasteiger partial charge is 0.409 e. The zero-order chi connectivity index (χ0) is 16.7. The van der Waals surface area contributed by atoms with E-state index in [0.29, 0.717) is 0 Å². The smallest absolute Gasteiger partial charge is 0.237 e. The van der Waals surface area contributed by atoms with Gasteiger partial charge in [-0.15, -0.1) is 0 Å². The maximum Gasteiger partial charge on any atom is 0.237 e. The van der Waals surface area contributed by atoms with Crippen LogP contribution in [-0.2, 0) is 4.79 Å². The maximum atomic E-state index is 11.9. The quantitative estimate of drug-likeness (QED) is 0.181. The summed E-state index contributed by atoms with van der Waals surface area (Å²) in [5.41, 5.74) is 5.13. The first kappa shape index (κ1) is 19.7. The summed E-state index contributed by atoms with van der Waals surface area (Å²) in [5.74, 6) is 0.271. The summed E-state index contributed by atoms with van der Waals surface area (Å²) in [5, 5.41) is 17.9. The van der Waals surface area contributed by atoms with E-state index in [1.54, 1.807) is 0 Å². The van der Waals surface area contributed by atoms with Crippen molar-refractivity contribution in [3.05, 3.63) is 0 Å². The highest BCUT2D eigenvalue weighted by atomic mass is 16.4. The van der Waals surface area contributed by atoms with Crippen LogP contribution in [0.5, 0.6) is 0 Å². The van der Waals surface area contributed by atoms with E-state index in [9.17, 15) is 4.79 Å². The van der Waals surface area contributed by atoms with E-state index in [-0.39, 0.29) is 28.7 Å². The number of nitrogens with zero attached hydrogens (tertiary/aromatic N) is 1. The topological polar surface area (TPSA) is 99.7 Å². The number of unbranched alkanes of at least 4 members (excludes halogenated alkanes) is 1. The Labute approximate surface area is 128 Å². The third-order valence-electron chi connectivity index (χ3n) is 3.37. The van der Waals surface area contributed by atoms with Gasteiger partial charge in [0.05, 0.1) is 6.04 Å². The second kappa shape index (κ2) is 8.22. The van der Waals surface area contributed by atoms with Crippen LogP contribution in [0.4, 0.5) is 0 Å². The van der Waals surface area contributed by atoms with Crippen molar-refractivity contribution in [1.29, 1.82) is 0 Å². The average molecular weight is 300 g/mol. The Bertz CT molecular complexity index is 359.